The summed E-state index contributed by atoms with van der Waals surface area (Å²) in [5.41, 5.74) is 5.81. The fraction of sp³-hybridized carbons (Fsp3) is 0.263. The molecule has 0 aromatic heterocycles. The standard InChI is InChI=1S/C19H18F2N2O4/c20-14-6-5-12(9-15(14)21)17-10-23(7-8-26-17)19(25)13-3-1-2-4-16(13)27-11-18(22)24/h1-6,9,17H,7-8,10-11H2,(H2,22,24). The van der Waals surface area contributed by atoms with Gasteiger partial charge in [0.25, 0.3) is 11.8 Å². The molecule has 2 aromatic rings. The number of morpholine rings is 1. The molecule has 2 amide bonds. The van der Waals surface area contributed by atoms with Gasteiger partial charge < -0.3 is 20.1 Å². The number of primary amides is 1. The Morgan fingerprint density at radius 1 is 1.19 bits per heavy atom. The minimum atomic E-state index is -0.968. The average Bonchev–Trinajstić information content (AvgIpc) is 2.68. The van der Waals surface area contributed by atoms with Crippen molar-refractivity contribution in [3.05, 3.63) is 65.2 Å². The Bertz CT molecular complexity index is 859. The molecule has 0 bridgehead atoms. The molecule has 1 unspecified atom stereocenters. The highest BCUT2D eigenvalue weighted by Gasteiger charge is 2.28. The summed E-state index contributed by atoms with van der Waals surface area (Å²) in [7, 11) is 0. The summed E-state index contributed by atoms with van der Waals surface area (Å²) in [6, 6.07) is 10.0. The first kappa shape index (κ1) is 18.8. The lowest BCUT2D eigenvalue weighted by Gasteiger charge is -2.33. The van der Waals surface area contributed by atoms with Crippen LogP contribution >= 0.6 is 0 Å². The van der Waals surface area contributed by atoms with Crippen LogP contribution in [-0.2, 0) is 9.53 Å². The molecule has 1 saturated heterocycles. The van der Waals surface area contributed by atoms with Gasteiger partial charge in [0.1, 0.15) is 11.9 Å². The van der Waals surface area contributed by atoms with Gasteiger partial charge in [0.2, 0.25) is 0 Å². The van der Waals surface area contributed by atoms with Gasteiger partial charge >= 0.3 is 0 Å². The van der Waals surface area contributed by atoms with E-state index >= 15 is 0 Å². The molecule has 1 atom stereocenters. The van der Waals surface area contributed by atoms with Gasteiger partial charge in [-0.2, -0.15) is 0 Å². The highest BCUT2D eigenvalue weighted by Crippen LogP contribution is 2.26. The Balaban J connectivity index is 1.77. The van der Waals surface area contributed by atoms with Crippen LogP contribution in [0.4, 0.5) is 8.78 Å². The highest BCUT2D eigenvalue weighted by molar-refractivity contribution is 5.97. The molecule has 0 spiro atoms. The first-order valence-electron chi connectivity index (χ1n) is 8.31. The molecule has 1 fully saturated rings. The van der Waals surface area contributed by atoms with Crippen LogP contribution in [-0.4, -0.2) is 43.0 Å². The number of nitrogens with two attached hydrogens (primary N) is 1. The van der Waals surface area contributed by atoms with E-state index in [9.17, 15) is 18.4 Å². The molecular formula is C19H18F2N2O4. The number of nitrogens with zero attached hydrogens (tertiary/aromatic N) is 1. The van der Waals surface area contributed by atoms with Crippen molar-refractivity contribution in [2.45, 2.75) is 6.10 Å². The molecule has 8 heteroatoms. The summed E-state index contributed by atoms with van der Waals surface area (Å²) in [5, 5.41) is 0. The van der Waals surface area contributed by atoms with E-state index in [1.54, 1.807) is 29.2 Å². The quantitative estimate of drug-likeness (QED) is 0.866. The largest absolute Gasteiger partial charge is 0.483 e. The van der Waals surface area contributed by atoms with Gasteiger partial charge in [-0.15, -0.1) is 0 Å². The monoisotopic (exact) mass is 376 g/mol. The van der Waals surface area contributed by atoms with Crippen LogP contribution in [0.15, 0.2) is 42.5 Å². The normalized spacial score (nSPS) is 16.8. The summed E-state index contributed by atoms with van der Waals surface area (Å²) >= 11 is 0. The lowest BCUT2D eigenvalue weighted by Crippen LogP contribution is -2.42. The molecule has 0 radical (unpaired) electrons. The second-order valence-corrected chi connectivity index (χ2v) is 6.04. The molecule has 1 aliphatic heterocycles. The maximum absolute atomic E-state index is 13.5. The zero-order valence-electron chi connectivity index (χ0n) is 14.4. The smallest absolute Gasteiger partial charge is 0.257 e. The Kier molecular flexibility index (Phi) is 5.66. The van der Waals surface area contributed by atoms with Crippen LogP contribution in [0.3, 0.4) is 0 Å². The second-order valence-electron chi connectivity index (χ2n) is 6.04. The van der Waals surface area contributed by atoms with E-state index in [4.69, 9.17) is 15.2 Å². The lowest BCUT2D eigenvalue weighted by atomic mass is 10.1. The number of carbonyl (C=O) groups excluding carboxylic acids is 2. The number of para-hydroxylation sites is 1. The van der Waals surface area contributed by atoms with E-state index in [-0.39, 0.29) is 37.0 Å². The SMILES string of the molecule is NC(=O)COc1ccccc1C(=O)N1CCOC(c2ccc(F)c(F)c2)C1. The van der Waals surface area contributed by atoms with Gasteiger partial charge in [0.15, 0.2) is 18.2 Å². The fourth-order valence-corrected chi connectivity index (χ4v) is 2.84. The van der Waals surface area contributed by atoms with Gasteiger partial charge in [0, 0.05) is 6.54 Å². The Hall–Kier alpha value is -3.00. The van der Waals surface area contributed by atoms with E-state index in [2.05, 4.69) is 0 Å². The molecule has 0 saturated carbocycles. The van der Waals surface area contributed by atoms with Crippen LogP contribution in [0.1, 0.15) is 22.0 Å². The second kappa shape index (κ2) is 8.13. The highest BCUT2D eigenvalue weighted by atomic mass is 19.2. The van der Waals surface area contributed by atoms with E-state index in [0.29, 0.717) is 12.1 Å². The molecule has 6 nitrogen and oxygen atoms in total. The van der Waals surface area contributed by atoms with Crippen LogP contribution in [0.25, 0.3) is 0 Å². The third kappa shape index (κ3) is 4.40. The van der Waals surface area contributed by atoms with Crippen molar-refractivity contribution in [2.75, 3.05) is 26.3 Å². The van der Waals surface area contributed by atoms with E-state index in [1.807, 2.05) is 0 Å². The van der Waals surface area contributed by atoms with Gasteiger partial charge in [0.05, 0.1) is 18.7 Å². The molecule has 27 heavy (non-hydrogen) atoms. The molecule has 0 aliphatic carbocycles. The maximum atomic E-state index is 13.5. The van der Waals surface area contributed by atoms with Gasteiger partial charge in [-0.05, 0) is 29.8 Å². The van der Waals surface area contributed by atoms with Crippen molar-refractivity contribution in [2.24, 2.45) is 5.73 Å². The predicted molar refractivity (Wildman–Crippen MR) is 92.1 cm³/mol. The molecule has 3 rings (SSSR count). The van der Waals surface area contributed by atoms with Gasteiger partial charge in [-0.3, -0.25) is 9.59 Å². The summed E-state index contributed by atoms with van der Waals surface area (Å²) < 4.78 is 37.5. The van der Waals surface area contributed by atoms with Crippen LogP contribution in [0.5, 0.6) is 5.75 Å². The third-order valence-corrected chi connectivity index (χ3v) is 4.16. The minimum Gasteiger partial charge on any atom is -0.483 e. The number of benzene rings is 2. The van der Waals surface area contributed by atoms with Crippen molar-refractivity contribution in [3.63, 3.8) is 0 Å². The molecular weight excluding hydrogens is 358 g/mol. The first-order chi connectivity index (χ1) is 13.0. The summed E-state index contributed by atoms with van der Waals surface area (Å²) in [5.74, 6) is -2.63. The lowest BCUT2D eigenvalue weighted by molar-refractivity contribution is -0.119. The van der Waals surface area contributed by atoms with E-state index < -0.39 is 23.6 Å². The van der Waals surface area contributed by atoms with Crippen molar-refractivity contribution in [1.82, 2.24) is 4.90 Å². The predicted octanol–water partition coefficient (Wildman–Crippen LogP) is 2.04. The Morgan fingerprint density at radius 3 is 2.70 bits per heavy atom. The first-order valence-corrected chi connectivity index (χ1v) is 8.31. The van der Waals surface area contributed by atoms with Crippen molar-refractivity contribution in [3.8, 4) is 5.75 Å². The van der Waals surface area contributed by atoms with Crippen molar-refractivity contribution < 1.29 is 27.8 Å². The van der Waals surface area contributed by atoms with Crippen molar-refractivity contribution in [1.29, 1.82) is 0 Å². The maximum Gasteiger partial charge on any atom is 0.257 e. The van der Waals surface area contributed by atoms with Crippen molar-refractivity contribution >= 4 is 11.8 Å². The van der Waals surface area contributed by atoms with Gasteiger partial charge in [-0.1, -0.05) is 18.2 Å². The summed E-state index contributed by atoms with van der Waals surface area (Å²) in [6.45, 7) is 0.418. The minimum absolute atomic E-state index is 0.175. The molecule has 142 valence electrons. The molecule has 1 heterocycles. The molecule has 2 N–H and O–H groups in total. The van der Waals surface area contributed by atoms with Crippen LogP contribution in [0.2, 0.25) is 0 Å². The van der Waals surface area contributed by atoms with Crippen LogP contribution in [0, 0.1) is 11.6 Å². The van der Waals surface area contributed by atoms with E-state index in [0.717, 1.165) is 12.1 Å². The van der Waals surface area contributed by atoms with E-state index in [1.165, 1.54) is 6.07 Å². The van der Waals surface area contributed by atoms with Gasteiger partial charge in [-0.25, -0.2) is 8.78 Å². The number of hydrogen-bond donors (Lipinski definition) is 1. The fourth-order valence-electron chi connectivity index (χ4n) is 2.84. The number of rotatable bonds is 5. The number of hydrogen-bond acceptors (Lipinski definition) is 4. The number of carbonyl (C=O) groups is 2. The topological polar surface area (TPSA) is 81.9 Å². The molecule has 1 aliphatic rings. The summed E-state index contributed by atoms with van der Waals surface area (Å²) in [4.78, 5) is 25.4. The number of ether oxygens (including phenoxy) is 2. The average molecular weight is 376 g/mol. The zero-order chi connectivity index (χ0) is 19.4. The Labute approximate surface area is 154 Å². The van der Waals surface area contributed by atoms with Crippen LogP contribution < -0.4 is 10.5 Å². The molecule has 2 aromatic carbocycles. The third-order valence-electron chi connectivity index (χ3n) is 4.16. The zero-order valence-corrected chi connectivity index (χ0v) is 14.4. The Morgan fingerprint density at radius 2 is 1.96 bits per heavy atom. The summed E-state index contributed by atoms with van der Waals surface area (Å²) in [6.07, 6.45) is -0.573. The number of halogens is 2. The number of amides is 2.